The van der Waals surface area contributed by atoms with Crippen LogP contribution in [0.15, 0.2) is 30.3 Å². The van der Waals surface area contributed by atoms with Crippen LogP contribution >= 0.6 is 11.3 Å². The van der Waals surface area contributed by atoms with E-state index in [4.69, 9.17) is 4.74 Å². The van der Waals surface area contributed by atoms with Crippen LogP contribution in [0.3, 0.4) is 0 Å². The fraction of sp³-hybridized carbons (Fsp3) is 0.545. The van der Waals surface area contributed by atoms with Gasteiger partial charge in [-0.15, -0.1) is 11.3 Å². The Bertz CT molecular complexity index is 892. The van der Waals surface area contributed by atoms with E-state index in [1.54, 1.807) is 11.3 Å². The smallest absolute Gasteiger partial charge is 0.152 e. The van der Waals surface area contributed by atoms with Crippen LogP contribution < -0.4 is 4.74 Å². The number of benzene rings is 1. The largest absolute Gasteiger partial charge is 0.491 e. The van der Waals surface area contributed by atoms with Gasteiger partial charge in [0.2, 0.25) is 0 Å². The van der Waals surface area contributed by atoms with Crippen molar-refractivity contribution >= 4 is 21.2 Å². The highest BCUT2D eigenvalue weighted by molar-refractivity contribution is 7.90. The molecule has 0 amide bonds. The Kier molecular flexibility index (Phi) is 7.34. The Morgan fingerprint density at radius 3 is 2.39 bits per heavy atom. The number of thiophene rings is 1. The Morgan fingerprint density at radius 2 is 1.86 bits per heavy atom. The van der Waals surface area contributed by atoms with Crippen LogP contribution in [0.2, 0.25) is 0 Å². The van der Waals surface area contributed by atoms with E-state index < -0.39 is 15.9 Å². The standard InChI is InChI=1S/C22H32O4S2/c1-7-18(20-11-9-17(27-20)14-28(6,24)25)16-8-10-19(15(2)12-16)26-13-21(23)22(3,4)5/h8-12,18,21,23H,7,13-14H2,1-6H3. The minimum absolute atomic E-state index is 0.0933. The van der Waals surface area contributed by atoms with Crippen molar-refractivity contribution in [3.63, 3.8) is 0 Å². The van der Waals surface area contributed by atoms with Crippen LogP contribution in [-0.4, -0.2) is 32.5 Å². The van der Waals surface area contributed by atoms with Gasteiger partial charge >= 0.3 is 0 Å². The summed E-state index contributed by atoms with van der Waals surface area (Å²) in [5.74, 6) is 1.10. The third-order valence-electron chi connectivity index (χ3n) is 4.84. The lowest BCUT2D eigenvalue weighted by molar-refractivity contribution is 0.0216. The van der Waals surface area contributed by atoms with E-state index in [2.05, 4.69) is 19.1 Å². The average molecular weight is 425 g/mol. The van der Waals surface area contributed by atoms with E-state index in [0.717, 1.165) is 22.6 Å². The molecule has 0 fully saturated rings. The molecule has 4 nitrogen and oxygen atoms in total. The van der Waals surface area contributed by atoms with Crippen molar-refractivity contribution in [1.29, 1.82) is 0 Å². The van der Waals surface area contributed by atoms with Gasteiger partial charge in [0.1, 0.15) is 12.4 Å². The molecule has 0 saturated carbocycles. The van der Waals surface area contributed by atoms with Crippen LogP contribution in [-0.2, 0) is 15.6 Å². The van der Waals surface area contributed by atoms with Crippen molar-refractivity contribution in [1.82, 2.24) is 0 Å². The Labute approximate surface area is 173 Å². The first kappa shape index (κ1) is 22.9. The lowest BCUT2D eigenvalue weighted by Gasteiger charge is -2.26. The van der Waals surface area contributed by atoms with Crippen molar-refractivity contribution in [3.8, 4) is 5.75 Å². The summed E-state index contributed by atoms with van der Waals surface area (Å²) < 4.78 is 28.9. The van der Waals surface area contributed by atoms with Crippen molar-refractivity contribution in [2.45, 2.75) is 58.8 Å². The predicted molar refractivity (Wildman–Crippen MR) is 117 cm³/mol. The molecule has 0 spiro atoms. The summed E-state index contributed by atoms with van der Waals surface area (Å²) in [6.07, 6.45) is 1.66. The van der Waals surface area contributed by atoms with Crippen molar-refractivity contribution in [2.75, 3.05) is 12.9 Å². The Hall–Kier alpha value is -1.37. The van der Waals surface area contributed by atoms with Crippen LogP contribution in [0, 0.1) is 12.3 Å². The molecule has 0 aliphatic heterocycles. The quantitative estimate of drug-likeness (QED) is 0.653. The molecule has 156 valence electrons. The molecule has 0 radical (unpaired) electrons. The zero-order valence-electron chi connectivity index (χ0n) is 17.7. The molecule has 2 unspecified atom stereocenters. The monoisotopic (exact) mass is 424 g/mol. The van der Waals surface area contributed by atoms with Gasteiger partial charge in [-0.2, -0.15) is 0 Å². The Balaban J connectivity index is 2.16. The second kappa shape index (κ2) is 8.97. The minimum atomic E-state index is -3.02. The molecule has 6 heteroatoms. The third-order valence-corrected chi connectivity index (χ3v) is 7.05. The first-order valence-electron chi connectivity index (χ1n) is 9.58. The minimum Gasteiger partial charge on any atom is -0.491 e. The van der Waals surface area contributed by atoms with Gasteiger partial charge in [0.15, 0.2) is 9.84 Å². The maximum Gasteiger partial charge on any atom is 0.152 e. The highest BCUT2D eigenvalue weighted by atomic mass is 32.2. The molecular formula is C22H32O4S2. The van der Waals surface area contributed by atoms with E-state index in [1.807, 2.05) is 45.9 Å². The van der Waals surface area contributed by atoms with Crippen LogP contribution in [0.4, 0.5) is 0 Å². The second-order valence-electron chi connectivity index (χ2n) is 8.55. The van der Waals surface area contributed by atoms with Gasteiger partial charge < -0.3 is 9.84 Å². The topological polar surface area (TPSA) is 63.6 Å². The van der Waals surface area contributed by atoms with E-state index >= 15 is 0 Å². The van der Waals surface area contributed by atoms with E-state index in [9.17, 15) is 13.5 Å². The van der Waals surface area contributed by atoms with Gasteiger partial charge in [0.05, 0.1) is 11.9 Å². The van der Waals surface area contributed by atoms with Gasteiger partial charge in [0.25, 0.3) is 0 Å². The first-order chi connectivity index (χ1) is 12.9. The van der Waals surface area contributed by atoms with Crippen LogP contribution in [0.5, 0.6) is 5.75 Å². The van der Waals surface area contributed by atoms with Crippen LogP contribution in [0.1, 0.15) is 60.9 Å². The molecule has 0 aliphatic rings. The summed E-state index contributed by atoms with van der Waals surface area (Å²) in [4.78, 5) is 2.06. The molecule has 1 heterocycles. The zero-order chi connectivity index (χ0) is 21.1. The third kappa shape index (κ3) is 6.33. The highest BCUT2D eigenvalue weighted by Crippen LogP contribution is 2.35. The normalized spacial score (nSPS) is 14.7. The van der Waals surface area contributed by atoms with Gasteiger partial charge in [-0.25, -0.2) is 8.42 Å². The molecule has 1 aromatic heterocycles. The fourth-order valence-electron chi connectivity index (χ4n) is 2.99. The fourth-order valence-corrected chi connectivity index (χ4v) is 5.50. The van der Waals surface area contributed by atoms with Crippen molar-refractivity contribution in [2.24, 2.45) is 5.41 Å². The summed E-state index contributed by atoms with van der Waals surface area (Å²) in [5.41, 5.74) is 2.01. The Morgan fingerprint density at radius 1 is 1.18 bits per heavy atom. The lowest BCUT2D eigenvalue weighted by Crippen LogP contribution is -2.32. The summed E-state index contributed by atoms with van der Waals surface area (Å²) in [6, 6.07) is 10.1. The number of hydrogen-bond acceptors (Lipinski definition) is 5. The molecule has 0 aliphatic carbocycles. The summed E-state index contributed by atoms with van der Waals surface area (Å²) >= 11 is 1.57. The average Bonchev–Trinajstić information content (AvgIpc) is 2.99. The molecule has 2 rings (SSSR count). The molecule has 0 saturated heterocycles. The van der Waals surface area contributed by atoms with Gasteiger partial charge in [-0.1, -0.05) is 39.8 Å². The molecule has 0 bridgehead atoms. The molecule has 28 heavy (non-hydrogen) atoms. The maximum atomic E-state index is 11.5. The van der Waals surface area contributed by atoms with E-state index in [1.165, 1.54) is 16.7 Å². The summed E-state index contributed by atoms with van der Waals surface area (Å²) in [6.45, 7) is 10.4. The van der Waals surface area contributed by atoms with Crippen molar-refractivity contribution < 1.29 is 18.3 Å². The number of ether oxygens (including phenoxy) is 1. The maximum absolute atomic E-state index is 11.5. The number of aryl methyl sites for hydroxylation is 1. The van der Waals surface area contributed by atoms with Crippen LogP contribution in [0.25, 0.3) is 0 Å². The molecule has 1 N–H and O–H groups in total. The number of aliphatic hydroxyl groups is 1. The molecule has 2 aromatic rings. The predicted octanol–water partition coefficient (Wildman–Crippen LogP) is 4.93. The molecular weight excluding hydrogens is 392 g/mol. The summed E-state index contributed by atoms with van der Waals surface area (Å²) in [5, 5.41) is 10.2. The van der Waals surface area contributed by atoms with Gasteiger partial charge in [-0.05, 0) is 48.1 Å². The zero-order valence-corrected chi connectivity index (χ0v) is 19.3. The van der Waals surface area contributed by atoms with E-state index in [0.29, 0.717) is 0 Å². The first-order valence-corrected chi connectivity index (χ1v) is 12.5. The molecule has 1 aromatic carbocycles. The SMILES string of the molecule is CCC(c1ccc(OCC(O)C(C)(C)C)c(C)c1)c1ccc(CS(C)(=O)=O)s1. The second-order valence-corrected chi connectivity index (χ2v) is 11.9. The summed E-state index contributed by atoms with van der Waals surface area (Å²) in [7, 11) is -3.02. The number of sulfone groups is 1. The number of aliphatic hydroxyl groups excluding tert-OH is 1. The van der Waals surface area contributed by atoms with E-state index in [-0.39, 0.29) is 23.7 Å². The van der Waals surface area contributed by atoms with Crippen molar-refractivity contribution in [3.05, 3.63) is 51.2 Å². The van der Waals surface area contributed by atoms with Gasteiger partial charge in [-0.3, -0.25) is 0 Å². The number of rotatable bonds is 8. The lowest BCUT2D eigenvalue weighted by atomic mass is 9.90. The van der Waals surface area contributed by atoms with Gasteiger partial charge in [0, 0.05) is 21.9 Å². The molecule has 2 atom stereocenters. The number of hydrogen-bond donors (Lipinski definition) is 1. The highest BCUT2D eigenvalue weighted by Gasteiger charge is 2.23.